The number of sulfonamides is 1. The second-order valence-electron chi connectivity index (χ2n) is 6.87. The Kier molecular flexibility index (Phi) is 6.69. The van der Waals surface area contributed by atoms with Crippen LogP contribution in [-0.4, -0.2) is 59.2 Å². The third-order valence-electron chi connectivity index (χ3n) is 4.84. The maximum absolute atomic E-state index is 13.1. The monoisotopic (exact) mass is 438 g/mol. The summed E-state index contributed by atoms with van der Waals surface area (Å²) in [6.45, 7) is 4.71. The van der Waals surface area contributed by atoms with Crippen LogP contribution in [0.4, 0.5) is 0 Å². The molecule has 3 rings (SSSR count). The number of furan rings is 1. The molecule has 0 radical (unpaired) electrons. The van der Waals surface area contributed by atoms with Gasteiger partial charge in [0.15, 0.2) is 11.5 Å². The van der Waals surface area contributed by atoms with Crippen LogP contribution >= 0.6 is 0 Å². The van der Waals surface area contributed by atoms with Gasteiger partial charge in [0, 0.05) is 19.2 Å². The van der Waals surface area contributed by atoms with Crippen molar-refractivity contribution in [1.82, 2.24) is 9.62 Å². The van der Waals surface area contributed by atoms with Crippen molar-refractivity contribution in [3.8, 4) is 11.5 Å². The first kappa shape index (κ1) is 22.1. The van der Waals surface area contributed by atoms with E-state index in [2.05, 4.69) is 5.32 Å². The Balaban J connectivity index is 1.98. The van der Waals surface area contributed by atoms with Crippen molar-refractivity contribution in [1.29, 1.82) is 0 Å². The summed E-state index contributed by atoms with van der Waals surface area (Å²) in [5.41, 5.74) is 0.0545. The predicted molar refractivity (Wildman–Crippen MR) is 108 cm³/mol. The lowest BCUT2D eigenvalue weighted by Crippen LogP contribution is -2.40. The molecule has 30 heavy (non-hydrogen) atoms. The van der Waals surface area contributed by atoms with Gasteiger partial charge in [-0.1, -0.05) is 0 Å². The highest BCUT2D eigenvalue weighted by Gasteiger charge is 2.30. The maximum Gasteiger partial charge on any atom is 0.255 e. The van der Waals surface area contributed by atoms with E-state index in [-0.39, 0.29) is 35.0 Å². The van der Waals surface area contributed by atoms with E-state index < -0.39 is 22.0 Å². The van der Waals surface area contributed by atoms with E-state index in [1.54, 1.807) is 19.1 Å². The Morgan fingerprint density at radius 1 is 1.17 bits per heavy atom. The molecule has 1 aromatic heterocycles. The second kappa shape index (κ2) is 9.07. The Morgan fingerprint density at radius 2 is 1.87 bits per heavy atom. The molecule has 2 heterocycles. The molecule has 164 valence electrons. The van der Waals surface area contributed by atoms with Crippen molar-refractivity contribution in [3.63, 3.8) is 0 Å². The molecular weight excluding hydrogens is 412 g/mol. The van der Waals surface area contributed by atoms with Gasteiger partial charge in [-0.15, -0.1) is 0 Å². The minimum Gasteiger partial charge on any atom is -0.493 e. The first-order chi connectivity index (χ1) is 14.3. The number of nitrogens with zero attached hydrogens (tertiary/aromatic N) is 1. The van der Waals surface area contributed by atoms with Gasteiger partial charge in [0.2, 0.25) is 10.0 Å². The number of hydrogen-bond donors (Lipinski definition) is 1. The molecular formula is C20H26N2O7S. The summed E-state index contributed by atoms with van der Waals surface area (Å²) >= 11 is 0. The van der Waals surface area contributed by atoms with Crippen molar-refractivity contribution in [2.45, 2.75) is 24.8 Å². The second-order valence-corrected chi connectivity index (χ2v) is 8.80. The van der Waals surface area contributed by atoms with Crippen LogP contribution in [0.25, 0.3) is 0 Å². The smallest absolute Gasteiger partial charge is 0.255 e. The van der Waals surface area contributed by atoms with E-state index in [1.807, 2.05) is 6.92 Å². The Bertz CT molecular complexity index is 1010. The Morgan fingerprint density at radius 3 is 2.43 bits per heavy atom. The van der Waals surface area contributed by atoms with Gasteiger partial charge >= 0.3 is 0 Å². The topological polar surface area (TPSA) is 107 Å². The summed E-state index contributed by atoms with van der Waals surface area (Å²) in [6.07, 6.45) is 0. The average molecular weight is 439 g/mol. The predicted octanol–water partition coefficient (Wildman–Crippen LogP) is 2.12. The Hall–Kier alpha value is -2.56. The third kappa shape index (κ3) is 4.45. The quantitative estimate of drug-likeness (QED) is 0.705. The van der Waals surface area contributed by atoms with E-state index >= 15 is 0 Å². The normalized spacial score (nSPS) is 16.1. The number of morpholine rings is 1. The van der Waals surface area contributed by atoms with E-state index in [0.717, 1.165) is 5.76 Å². The molecule has 1 saturated heterocycles. The number of ether oxygens (including phenoxy) is 3. The van der Waals surface area contributed by atoms with Gasteiger partial charge in [-0.2, -0.15) is 4.31 Å². The highest BCUT2D eigenvalue weighted by atomic mass is 32.2. The number of amides is 1. The number of methoxy groups -OCH3 is 2. The molecule has 1 aromatic carbocycles. The van der Waals surface area contributed by atoms with Crippen LogP contribution in [0.1, 0.15) is 34.8 Å². The summed E-state index contributed by atoms with van der Waals surface area (Å²) in [5, 5.41) is 2.81. The SMILES string of the molecule is COc1cc(S(=O)(=O)N2CCOCC2)cc(C(=O)NC(C)c2ccc(C)o2)c1OC. The van der Waals surface area contributed by atoms with Crippen LogP contribution in [-0.2, 0) is 14.8 Å². The fourth-order valence-electron chi connectivity index (χ4n) is 3.22. The molecule has 1 aliphatic heterocycles. The molecule has 9 nitrogen and oxygen atoms in total. The largest absolute Gasteiger partial charge is 0.493 e. The highest BCUT2D eigenvalue weighted by molar-refractivity contribution is 7.89. The molecule has 0 bridgehead atoms. The lowest BCUT2D eigenvalue weighted by molar-refractivity contribution is 0.0730. The van der Waals surface area contributed by atoms with Gasteiger partial charge in [-0.25, -0.2) is 8.42 Å². The molecule has 1 atom stereocenters. The molecule has 1 amide bonds. The molecule has 2 aromatic rings. The van der Waals surface area contributed by atoms with Crippen LogP contribution in [0.2, 0.25) is 0 Å². The molecule has 1 aliphatic rings. The molecule has 0 aliphatic carbocycles. The number of carbonyl (C=O) groups excluding carboxylic acids is 1. The zero-order chi connectivity index (χ0) is 21.9. The highest BCUT2D eigenvalue weighted by Crippen LogP contribution is 2.35. The van der Waals surface area contributed by atoms with E-state index in [0.29, 0.717) is 19.0 Å². The summed E-state index contributed by atoms with van der Waals surface area (Å²) < 4.78 is 49.0. The van der Waals surface area contributed by atoms with Crippen molar-refractivity contribution < 1.29 is 31.8 Å². The third-order valence-corrected chi connectivity index (χ3v) is 6.72. The minimum absolute atomic E-state index is 0.0475. The van der Waals surface area contributed by atoms with Crippen LogP contribution in [0.5, 0.6) is 11.5 Å². The van der Waals surface area contributed by atoms with Crippen molar-refractivity contribution in [2.75, 3.05) is 40.5 Å². The molecule has 1 fully saturated rings. The standard InChI is InChI=1S/C20H26N2O7S/c1-13-5-6-17(29-13)14(2)21-20(23)16-11-15(12-18(26-3)19(16)27-4)30(24,25)22-7-9-28-10-8-22/h5-6,11-12,14H,7-10H2,1-4H3,(H,21,23). The number of aryl methyl sites for hydroxylation is 1. The van der Waals surface area contributed by atoms with Gasteiger partial charge in [-0.3, -0.25) is 4.79 Å². The number of nitrogens with one attached hydrogen (secondary N) is 1. The fraction of sp³-hybridized carbons (Fsp3) is 0.450. The van der Waals surface area contributed by atoms with Gasteiger partial charge in [-0.05, 0) is 32.0 Å². The number of carbonyl (C=O) groups is 1. The molecule has 0 saturated carbocycles. The Labute approximate surface area is 175 Å². The summed E-state index contributed by atoms with van der Waals surface area (Å²) in [5.74, 6) is 1.11. The van der Waals surface area contributed by atoms with E-state index in [1.165, 1.54) is 30.7 Å². The lowest BCUT2D eigenvalue weighted by Gasteiger charge is -2.26. The van der Waals surface area contributed by atoms with Gasteiger partial charge in [0.05, 0.1) is 43.9 Å². The summed E-state index contributed by atoms with van der Waals surface area (Å²) in [6, 6.07) is 5.82. The average Bonchev–Trinajstić information content (AvgIpc) is 3.19. The number of hydrogen-bond acceptors (Lipinski definition) is 7. The number of benzene rings is 1. The summed E-state index contributed by atoms with van der Waals surface area (Å²) in [4.78, 5) is 13.0. The van der Waals surface area contributed by atoms with Gasteiger partial charge in [0.1, 0.15) is 11.5 Å². The summed E-state index contributed by atoms with van der Waals surface area (Å²) in [7, 11) is -1.05. The zero-order valence-corrected chi connectivity index (χ0v) is 18.2. The fourth-order valence-corrected chi connectivity index (χ4v) is 4.68. The van der Waals surface area contributed by atoms with Crippen molar-refractivity contribution in [3.05, 3.63) is 41.3 Å². The number of rotatable bonds is 7. The zero-order valence-electron chi connectivity index (χ0n) is 17.4. The van der Waals surface area contributed by atoms with Crippen LogP contribution in [0.3, 0.4) is 0 Å². The van der Waals surface area contributed by atoms with Crippen molar-refractivity contribution in [2.24, 2.45) is 0 Å². The first-order valence-electron chi connectivity index (χ1n) is 9.49. The van der Waals surface area contributed by atoms with Gasteiger partial charge in [0.25, 0.3) is 5.91 Å². The first-order valence-corrected chi connectivity index (χ1v) is 10.9. The van der Waals surface area contributed by atoms with Crippen LogP contribution < -0.4 is 14.8 Å². The van der Waals surface area contributed by atoms with E-state index in [9.17, 15) is 13.2 Å². The van der Waals surface area contributed by atoms with Crippen LogP contribution in [0, 0.1) is 6.92 Å². The minimum atomic E-state index is -3.83. The maximum atomic E-state index is 13.1. The van der Waals surface area contributed by atoms with E-state index in [4.69, 9.17) is 18.6 Å². The van der Waals surface area contributed by atoms with Crippen LogP contribution in [0.15, 0.2) is 33.6 Å². The molecule has 10 heteroatoms. The lowest BCUT2D eigenvalue weighted by atomic mass is 10.1. The van der Waals surface area contributed by atoms with Crippen molar-refractivity contribution >= 4 is 15.9 Å². The molecule has 0 spiro atoms. The molecule has 1 unspecified atom stereocenters. The molecule has 1 N–H and O–H groups in total. The van der Waals surface area contributed by atoms with Gasteiger partial charge < -0.3 is 23.9 Å².